The number of thioether (sulfide) groups is 1. The highest BCUT2D eigenvalue weighted by Crippen LogP contribution is 2.15. The Balaban J connectivity index is 1.84. The minimum absolute atomic E-state index is 0.0282. The second-order valence-electron chi connectivity index (χ2n) is 5.58. The molecule has 1 aromatic carbocycles. The maximum atomic E-state index is 12.1. The summed E-state index contributed by atoms with van der Waals surface area (Å²) >= 11 is 1.64. The van der Waals surface area contributed by atoms with Gasteiger partial charge < -0.3 is 21.1 Å². The van der Waals surface area contributed by atoms with Crippen molar-refractivity contribution in [1.82, 2.24) is 9.78 Å². The monoisotopic (exact) mass is 377 g/mol. The zero-order valence-corrected chi connectivity index (χ0v) is 15.6. The van der Waals surface area contributed by atoms with Gasteiger partial charge in [-0.2, -0.15) is 16.9 Å². The Labute approximate surface area is 156 Å². The number of benzene rings is 1. The van der Waals surface area contributed by atoms with Crippen LogP contribution < -0.4 is 21.1 Å². The number of amides is 2. The largest absolute Gasteiger partial charge is 0.497 e. The number of carbonyl (C=O) groups is 2. The highest BCUT2D eigenvalue weighted by Gasteiger charge is 2.14. The highest BCUT2D eigenvalue weighted by molar-refractivity contribution is 7.98. The van der Waals surface area contributed by atoms with Crippen LogP contribution in [-0.4, -0.2) is 46.8 Å². The van der Waals surface area contributed by atoms with Crippen LogP contribution in [0.15, 0.2) is 36.7 Å². The molecule has 0 fully saturated rings. The summed E-state index contributed by atoms with van der Waals surface area (Å²) in [7, 11) is 1.58. The van der Waals surface area contributed by atoms with Crippen LogP contribution in [0.2, 0.25) is 0 Å². The lowest BCUT2D eigenvalue weighted by Gasteiger charge is -2.10. The summed E-state index contributed by atoms with van der Waals surface area (Å²) in [5.74, 6) is 1.04. The van der Waals surface area contributed by atoms with Crippen molar-refractivity contribution < 1.29 is 14.3 Å². The predicted molar refractivity (Wildman–Crippen MR) is 103 cm³/mol. The SMILES string of the molecule is COc1ccc(NC(=O)Cn2cc(NC(=O)[C@@H](N)CCSC)cn2)cc1. The standard InChI is InChI=1S/C17H23N5O3S/c1-25-14-5-3-12(4-6-14)20-16(23)11-22-10-13(9-19-22)21-17(24)15(18)7-8-26-2/h3-6,9-10,15H,7-8,11,18H2,1-2H3,(H,20,23)(H,21,24)/t15-/m0/s1. The Hall–Kier alpha value is -2.52. The van der Waals surface area contributed by atoms with Crippen molar-refractivity contribution in [3.63, 3.8) is 0 Å². The van der Waals surface area contributed by atoms with E-state index in [4.69, 9.17) is 10.5 Å². The van der Waals surface area contributed by atoms with Crippen molar-refractivity contribution in [3.05, 3.63) is 36.7 Å². The lowest BCUT2D eigenvalue weighted by molar-refractivity contribution is -0.117. The van der Waals surface area contributed by atoms with Gasteiger partial charge in [-0.25, -0.2) is 0 Å². The molecule has 0 saturated heterocycles. The van der Waals surface area contributed by atoms with Gasteiger partial charge in [0, 0.05) is 11.9 Å². The Morgan fingerprint density at radius 1 is 1.27 bits per heavy atom. The fraction of sp³-hybridized carbons (Fsp3) is 0.353. The number of ether oxygens (including phenoxy) is 1. The smallest absolute Gasteiger partial charge is 0.246 e. The molecule has 9 heteroatoms. The van der Waals surface area contributed by atoms with E-state index >= 15 is 0 Å². The summed E-state index contributed by atoms with van der Waals surface area (Å²) in [5.41, 5.74) is 6.99. The second-order valence-corrected chi connectivity index (χ2v) is 6.57. The number of nitrogens with two attached hydrogens (primary N) is 1. The van der Waals surface area contributed by atoms with E-state index in [1.165, 1.54) is 10.9 Å². The van der Waals surface area contributed by atoms with Crippen LogP contribution in [0.3, 0.4) is 0 Å². The third-order valence-corrected chi connectivity index (χ3v) is 4.19. The number of nitrogens with zero attached hydrogens (tertiary/aromatic N) is 2. The number of anilines is 2. The van der Waals surface area contributed by atoms with Crippen LogP contribution >= 0.6 is 11.8 Å². The number of methoxy groups -OCH3 is 1. The first-order valence-corrected chi connectivity index (χ1v) is 9.43. The fourth-order valence-electron chi connectivity index (χ4n) is 2.15. The van der Waals surface area contributed by atoms with Gasteiger partial charge in [-0.1, -0.05) is 0 Å². The van der Waals surface area contributed by atoms with Gasteiger partial charge in [0.25, 0.3) is 0 Å². The molecule has 2 aromatic rings. The molecular weight excluding hydrogens is 354 g/mol. The molecule has 1 heterocycles. The van der Waals surface area contributed by atoms with E-state index in [2.05, 4.69) is 15.7 Å². The van der Waals surface area contributed by atoms with Crippen molar-refractivity contribution in [3.8, 4) is 5.75 Å². The van der Waals surface area contributed by atoms with E-state index in [-0.39, 0.29) is 18.4 Å². The molecular formula is C17H23N5O3S. The van der Waals surface area contributed by atoms with Crippen LogP contribution in [0.4, 0.5) is 11.4 Å². The molecule has 1 aromatic heterocycles. The van der Waals surface area contributed by atoms with Gasteiger partial charge in [-0.3, -0.25) is 14.3 Å². The fourth-order valence-corrected chi connectivity index (χ4v) is 2.64. The van der Waals surface area contributed by atoms with Crippen molar-refractivity contribution in [2.45, 2.75) is 19.0 Å². The summed E-state index contributed by atoms with van der Waals surface area (Å²) in [6.45, 7) is 0.0282. The van der Waals surface area contributed by atoms with Crippen LogP contribution in [0.5, 0.6) is 5.75 Å². The summed E-state index contributed by atoms with van der Waals surface area (Å²) in [4.78, 5) is 24.1. The maximum absolute atomic E-state index is 12.1. The second kappa shape index (κ2) is 9.83. The molecule has 0 bridgehead atoms. The van der Waals surface area contributed by atoms with E-state index in [1.807, 2.05) is 6.26 Å². The van der Waals surface area contributed by atoms with E-state index in [0.29, 0.717) is 23.5 Å². The quantitative estimate of drug-likeness (QED) is 0.611. The lowest BCUT2D eigenvalue weighted by Crippen LogP contribution is -2.35. The van der Waals surface area contributed by atoms with Crippen LogP contribution in [0.1, 0.15) is 6.42 Å². The van der Waals surface area contributed by atoms with Crippen molar-refractivity contribution in [2.24, 2.45) is 5.73 Å². The van der Waals surface area contributed by atoms with E-state index < -0.39 is 6.04 Å². The average molecular weight is 377 g/mol. The zero-order valence-electron chi connectivity index (χ0n) is 14.8. The highest BCUT2D eigenvalue weighted by atomic mass is 32.2. The molecule has 0 aliphatic rings. The normalized spacial score (nSPS) is 11.7. The molecule has 8 nitrogen and oxygen atoms in total. The number of hydrogen-bond acceptors (Lipinski definition) is 6. The number of rotatable bonds is 9. The molecule has 1 atom stereocenters. The van der Waals surface area contributed by atoms with Crippen LogP contribution in [-0.2, 0) is 16.1 Å². The van der Waals surface area contributed by atoms with Gasteiger partial charge >= 0.3 is 0 Å². The van der Waals surface area contributed by atoms with Crippen molar-refractivity contribution in [1.29, 1.82) is 0 Å². The molecule has 0 saturated carbocycles. The molecule has 26 heavy (non-hydrogen) atoms. The minimum atomic E-state index is -0.566. The molecule has 0 aliphatic carbocycles. The minimum Gasteiger partial charge on any atom is -0.497 e. The van der Waals surface area contributed by atoms with Crippen molar-refractivity contribution in [2.75, 3.05) is 29.8 Å². The predicted octanol–water partition coefficient (Wildman–Crippen LogP) is 1.55. The first-order chi connectivity index (χ1) is 12.5. The van der Waals surface area contributed by atoms with Gasteiger partial charge in [-0.15, -0.1) is 0 Å². The lowest BCUT2D eigenvalue weighted by atomic mass is 10.2. The summed E-state index contributed by atoms with van der Waals surface area (Å²) in [6, 6.07) is 6.46. The number of aromatic nitrogens is 2. The molecule has 0 aliphatic heterocycles. The first kappa shape index (κ1) is 19.8. The van der Waals surface area contributed by atoms with Gasteiger partial charge in [-0.05, 0) is 42.7 Å². The number of hydrogen-bond donors (Lipinski definition) is 3. The summed E-state index contributed by atoms with van der Waals surface area (Å²) in [6.07, 6.45) is 5.64. The Kier molecular flexibility index (Phi) is 7.49. The third kappa shape index (κ3) is 6.08. The molecule has 140 valence electrons. The molecule has 2 amide bonds. The first-order valence-electron chi connectivity index (χ1n) is 8.03. The molecule has 2 rings (SSSR count). The Morgan fingerprint density at radius 3 is 2.65 bits per heavy atom. The number of carbonyl (C=O) groups excluding carboxylic acids is 2. The third-order valence-electron chi connectivity index (χ3n) is 3.55. The maximum Gasteiger partial charge on any atom is 0.246 e. The summed E-state index contributed by atoms with van der Waals surface area (Å²) < 4.78 is 6.52. The van der Waals surface area contributed by atoms with Gasteiger partial charge in [0.1, 0.15) is 12.3 Å². The topological polar surface area (TPSA) is 111 Å². The molecule has 0 radical (unpaired) electrons. The zero-order chi connectivity index (χ0) is 18.9. The molecule has 4 N–H and O–H groups in total. The van der Waals surface area contributed by atoms with E-state index in [9.17, 15) is 9.59 Å². The van der Waals surface area contributed by atoms with E-state index in [1.54, 1.807) is 49.3 Å². The van der Waals surface area contributed by atoms with Gasteiger partial charge in [0.2, 0.25) is 11.8 Å². The molecule has 0 unspecified atom stereocenters. The van der Waals surface area contributed by atoms with Gasteiger partial charge in [0.05, 0.1) is 25.0 Å². The average Bonchev–Trinajstić information content (AvgIpc) is 3.06. The Bertz CT molecular complexity index is 732. The Morgan fingerprint density at radius 2 is 2.00 bits per heavy atom. The summed E-state index contributed by atoms with van der Waals surface area (Å²) in [5, 5.41) is 9.55. The van der Waals surface area contributed by atoms with Crippen LogP contribution in [0, 0.1) is 0 Å². The van der Waals surface area contributed by atoms with E-state index in [0.717, 1.165) is 5.75 Å². The van der Waals surface area contributed by atoms with Crippen LogP contribution in [0.25, 0.3) is 0 Å². The van der Waals surface area contributed by atoms with Gasteiger partial charge in [0.15, 0.2) is 0 Å². The number of nitrogens with one attached hydrogen (secondary N) is 2. The van der Waals surface area contributed by atoms with Crippen molar-refractivity contribution >= 4 is 35.0 Å². The molecule has 0 spiro atoms.